The highest BCUT2D eigenvalue weighted by Crippen LogP contribution is 2.27. The molecule has 0 bridgehead atoms. The van der Waals surface area contributed by atoms with E-state index in [-0.39, 0.29) is 5.97 Å². The number of aromatic nitrogens is 3. The maximum absolute atomic E-state index is 12.0. The molecule has 3 aromatic carbocycles. The summed E-state index contributed by atoms with van der Waals surface area (Å²) in [4.78, 5) is 12.0. The van der Waals surface area contributed by atoms with E-state index >= 15 is 0 Å². The van der Waals surface area contributed by atoms with Crippen LogP contribution in [0.1, 0.15) is 10.4 Å². The number of carbonyl (C=O) groups excluding carboxylic acids is 1. The Morgan fingerprint density at radius 3 is 2.52 bits per heavy atom. The monoisotopic (exact) mass is 303 g/mol. The second kappa shape index (κ2) is 5.21. The lowest BCUT2D eigenvalue weighted by Crippen LogP contribution is -2.04. The number of carbonyl (C=O) groups is 1. The number of nitrogens with zero attached hydrogens (tertiary/aromatic N) is 3. The van der Waals surface area contributed by atoms with Crippen molar-refractivity contribution in [1.82, 2.24) is 15.0 Å². The minimum atomic E-state index is -0.351. The summed E-state index contributed by atoms with van der Waals surface area (Å²) in [6.45, 7) is 0. The molecule has 1 aromatic heterocycles. The largest absolute Gasteiger partial charge is 0.465 e. The van der Waals surface area contributed by atoms with Crippen molar-refractivity contribution in [1.29, 1.82) is 0 Å². The van der Waals surface area contributed by atoms with E-state index in [2.05, 4.69) is 10.3 Å². The van der Waals surface area contributed by atoms with Gasteiger partial charge in [-0.15, -0.1) is 5.10 Å². The molecule has 5 nitrogen and oxygen atoms in total. The Labute approximate surface area is 132 Å². The third-order valence-electron chi connectivity index (χ3n) is 3.89. The molecule has 0 amide bonds. The van der Waals surface area contributed by atoms with Crippen molar-refractivity contribution in [3.8, 4) is 5.69 Å². The highest BCUT2D eigenvalue weighted by Gasteiger charge is 2.15. The summed E-state index contributed by atoms with van der Waals surface area (Å²) < 4.78 is 6.66. The van der Waals surface area contributed by atoms with E-state index in [0.717, 1.165) is 27.5 Å². The normalized spacial score (nSPS) is 11.0. The third-order valence-corrected chi connectivity index (χ3v) is 3.89. The fraction of sp³-hybridized carbons (Fsp3) is 0.0556. The molecular weight excluding hydrogens is 290 g/mol. The van der Waals surface area contributed by atoms with Crippen molar-refractivity contribution in [3.63, 3.8) is 0 Å². The van der Waals surface area contributed by atoms with Crippen molar-refractivity contribution in [2.24, 2.45) is 0 Å². The summed E-state index contributed by atoms with van der Waals surface area (Å²) in [6.07, 6.45) is 0. The number of ether oxygens (including phenoxy) is 1. The maximum atomic E-state index is 12.0. The number of hydrogen-bond donors (Lipinski definition) is 0. The van der Waals surface area contributed by atoms with Gasteiger partial charge in [-0.1, -0.05) is 41.6 Å². The molecule has 0 fully saturated rings. The van der Waals surface area contributed by atoms with Crippen LogP contribution in [0, 0.1) is 0 Å². The van der Waals surface area contributed by atoms with Crippen LogP contribution in [0.4, 0.5) is 0 Å². The Balaban J connectivity index is 2.04. The number of fused-ring (bicyclic) bond motifs is 2. The first-order valence-corrected chi connectivity index (χ1v) is 7.20. The Bertz CT molecular complexity index is 1040. The Hall–Kier alpha value is -3.21. The standard InChI is InChI=1S/C18H13N3O2/c1-23-18(22)14-10-11-16(13-7-3-2-6-12(13)14)21-17-9-5-4-8-15(17)19-20-21/h2-11H,1H3. The van der Waals surface area contributed by atoms with Gasteiger partial charge in [0.1, 0.15) is 5.52 Å². The highest BCUT2D eigenvalue weighted by molar-refractivity contribution is 6.07. The highest BCUT2D eigenvalue weighted by atomic mass is 16.5. The molecule has 0 radical (unpaired) electrons. The van der Waals surface area contributed by atoms with E-state index in [1.54, 1.807) is 10.7 Å². The predicted octanol–water partition coefficient (Wildman–Crippen LogP) is 3.36. The van der Waals surface area contributed by atoms with Crippen molar-refractivity contribution < 1.29 is 9.53 Å². The van der Waals surface area contributed by atoms with Gasteiger partial charge in [0.15, 0.2) is 0 Å². The minimum absolute atomic E-state index is 0.351. The summed E-state index contributed by atoms with van der Waals surface area (Å²) in [5.41, 5.74) is 3.16. The van der Waals surface area contributed by atoms with Crippen LogP contribution < -0.4 is 0 Å². The lowest BCUT2D eigenvalue weighted by Gasteiger charge is -2.10. The summed E-state index contributed by atoms with van der Waals surface area (Å²) in [5.74, 6) is -0.351. The molecule has 23 heavy (non-hydrogen) atoms. The zero-order valence-corrected chi connectivity index (χ0v) is 12.4. The molecule has 0 spiro atoms. The molecule has 0 aliphatic heterocycles. The van der Waals surface area contributed by atoms with Gasteiger partial charge in [0.2, 0.25) is 0 Å². The number of para-hydroxylation sites is 1. The number of benzene rings is 3. The molecule has 0 unspecified atom stereocenters. The molecule has 5 heteroatoms. The quantitative estimate of drug-likeness (QED) is 0.533. The van der Waals surface area contributed by atoms with Gasteiger partial charge in [-0.25, -0.2) is 9.48 Å². The maximum Gasteiger partial charge on any atom is 0.338 e. The van der Waals surface area contributed by atoms with Crippen LogP contribution in [0.15, 0.2) is 60.7 Å². The molecule has 1 heterocycles. The first kappa shape index (κ1) is 13.5. The minimum Gasteiger partial charge on any atom is -0.465 e. The summed E-state index contributed by atoms with van der Waals surface area (Å²) in [6, 6.07) is 19.1. The SMILES string of the molecule is COC(=O)c1ccc(-n2nnc3ccccc32)c2ccccc12. The Morgan fingerprint density at radius 1 is 0.957 bits per heavy atom. The lowest BCUT2D eigenvalue weighted by molar-refractivity contribution is 0.0603. The number of hydrogen-bond acceptors (Lipinski definition) is 4. The van der Waals surface area contributed by atoms with Crippen LogP contribution in [0.3, 0.4) is 0 Å². The zero-order chi connectivity index (χ0) is 15.8. The Kier molecular flexibility index (Phi) is 3.05. The van der Waals surface area contributed by atoms with Crippen molar-refractivity contribution in [2.75, 3.05) is 7.11 Å². The fourth-order valence-corrected chi connectivity index (χ4v) is 2.80. The lowest BCUT2D eigenvalue weighted by atomic mass is 10.0. The van der Waals surface area contributed by atoms with E-state index in [4.69, 9.17) is 4.74 Å². The molecule has 0 N–H and O–H groups in total. The number of rotatable bonds is 2. The van der Waals surface area contributed by atoms with Gasteiger partial charge in [0.25, 0.3) is 0 Å². The van der Waals surface area contributed by atoms with Gasteiger partial charge in [-0.05, 0) is 29.7 Å². The average molecular weight is 303 g/mol. The van der Waals surface area contributed by atoms with Crippen LogP contribution in [-0.2, 0) is 4.74 Å². The first-order valence-electron chi connectivity index (χ1n) is 7.20. The van der Waals surface area contributed by atoms with Crippen LogP contribution >= 0.6 is 0 Å². The summed E-state index contributed by atoms with van der Waals surface area (Å²) in [5, 5.41) is 10.2. The van der Waals surface area contributed by atoms with Crippen molar-refractivity contribution in [2.45, 2.75) is 0 Å². The smallest absolute Gasteiger partial charge is 0.338 e. The second-order valence-electron chi connectivity index (χ2n) is 5.16. The van der Waals surface area contributed by atoms with Crippen LogP contribution in [0.2, 0.25) is 0 Å². The third kappa shape index (κ3) is 2.05. The van der Waals surface area contributed by atoms with E-state index in [0.29, 0.717) is 5.56 Å². The van der Waals surface area contributed by atoms with E-state index in [9.17, 15) is 4.79 Å². The molecule has 4 aromatic rings. The van der Waals surface area contributed by atoms with Crippen LogP contribution in [-0.4, -0.2) is 28.1 Å². The van der Waals surface area contributed by atoms with Crippen molar-refractivity contribution >= 4 is 27.8 Å². The van der Waals surface area contributed by atoms with Crippen molar-refractivity contribution in [3.05, 3.63) is 66.2 Å². The summed E-state index contributed by atoms with van der Waals surface area (Å²) >= 11 is 0. The van der Waals surface area contributed by atoms with Gasteiger partial charge in [-0.3, -0.25) is 0 Å². The average Bonchev–Trinajstić information content (AvgIpc) is 3.04. The topological polar surface area (TPSA) is 57.0 Å². The number of esters is 1. The van der Waals surface area contributed by atoms with Gasteiger partial charge >= 0.3 is 5.97 Å². The Morgan fingerprint density at radius 2 is 1.70 bits per heavy atom. The molecule has 0 aliphatic rings. The molecule has 0 aliphatic carbocycles. The molecule has 4 rings (SSSR count). The fourth-order valence-electron chi connectivity index (χ4n) is 2.80. The van der Waals surface area contributed by atoms with Crippen LogP contribution in [0.5, 0.6) is 0 Å². The van der Waals surface area contributed by atoms with Gasteiger partial charge in [0.05, 0.1) is 23.9 Å². The molecular formula is C18H13N3O2. The van der Waals surface area contributed by atoms with Gasteiger partial charge < -0.3 is 4.74 Å². The predicted molar refractivity (Wildman–Crippen MR) is 87.7 cm³/mol. The van der Waals surface area contributed by atoms with E-state index < -0.39 is 0 Å². The van der Waals surface area contributed by atoms with E-state index in [1.807, 2.05) is 54.6 Å². The van der Waals surface area contributed by atoms with Gasteiger partial charge in [0, 0.05) is 5.39 Å². The zero-order valence-electron chi connectivity index (χ0n) is 12.4. The molecule has 0 saturated carbocycles. The number of methoxy groups -OCH3 is 1. The summed E-state index contributed by atoms with van der Waals surface area (Å²) in [7, 11) is 1.38. The van der Waals surface area contributed by atoms with E-state index in [1.165, 1.54) is 7.11 Å². The van der Waals surface area contributed by atoms with Gasteiger partial charge in [-0.2, -0.15) is 0 Å². The molecule has 0 atom stereocenters. The second-order valence-corrected chi connectivity index (χ2v) is 5.16. The van der Waals surface area contributed by atoms with Crippen LogP contribution in [0.25, 0.3) is 27.5 Å². The molecule has 112 valence electrons. The molecule has 0 saturated heterocycles. The first-order chi connectivity index (χ1) is 11.3.